The smallest absolute Gasteiger partial charge is 0.147 e. The van der Waals surface area contributed by atoms with Crippen LogP contribution in [0.4, 0.5) is 5.69 Å². The normalized spacial score (nSPS) is 9.44. The average molecular weight is 211 g/mol. The van der Waals surface area contributed by atoms with E-state index in [1.807, 2.05) is 6.07 Å². The molecule has 0 aliphatic carbocycles. The molecule has 1 heterocycles. The van der Waals surface area contributed by atoms with Crippen LogP contribution in [-0.2, 0) is 0 Å². The molecule has 0 aliphatic rings. The zero-order valence-corrected chi connectivity index (χ0v) is 8.42. The lowest BCUT2D eigenvalue weighted by atomic mass is 10.2. The molecule has 2 N–H and O–H groups in total. The summed E-state index contributed by atoms with van der Waals surface area (Å²) in [6.07, 6.45) is 3.11. The standard InChI is InChI=1S/C12H9N3O/c13-6-9-2-1-3-11(4-9)16-12-5-10(14)7-15-8-12/h1-5,7-8H,14H2. The Bertz CT molecular complexity index is 546. The van der Waals surface area contributed by atoms with Gasteiger partial charge < -0.3 is 10.5 Å². The lowest BCUT2D eigenvalue weighted by Gasteiger charge is -2.05. The van der Waals surface area contributed by atoms with Crippen molar-refractivity contribution in [2.75, 3.05) is 5.73 Å². The first-order chi connectivity index (χ1) is 7.78. The summed E-state index contributed by atoms with van der Waals surface area (Å²) in [7, 11) is 0. The molecule has 0 saturated carbocycles. The van der Waals surface area contributed by atoms with Crippen LogP contribution in [0.15, 0.2) is 42.7 Å². The first-order valence-electron chi connectivity index (χ1n) is 4.66. The van der Waals surface area contributed by atoms with Gasteiger partial charge in [-0.1, -0.05) is 6.07 Å². The maximum atomic E-state index is 8.73. The van der Waals surface area contributed by atoms with E-state index in [1.165, 1.54) is 0 Å². The second-order valence-corrected chi connectivity index (χ2v) is 3.20. The number of benzene rings is 1. The van der Waals surface area contributed by atoms with E-state index in [-0.39, 0.29) is 0 Å². The van der Waals surface area contributed by atoms with E-state index < -0.39 is 0 Å². The number of hydrogen-bond acceptors (Lipinski definition) is 4. The third-order valence-electron chi connectivity index (χ3n) is 1.93. The molecule has 0 fully saturated rings. The van der Waals surface area contributed by atoms with Crippen LogP contribution in [-0.4, -0.2) is 4.98 Å². The molecule has 0 amide bonds. The maximum absolute atomic E-state index is 8.73. The second-order valence-electron chi connectivity index (χ2n) is 3.20. The van der Waals surface area contributed by atoms with E-state index in [1.54, 1.807) is 42.7 Å². The third kappa shape index (κ3) is 2.28. The van der Waals surface area contributed by atoms with Crippen LogP contribution in [0, 0.1) is 11.3 Å². The molecule has 1 aromatic heterocycles. The van der Waals surface area contributed by atoms with Gasteiger partial charge >= 0.3 is 0 Å². The Hall–Kier alpha value is -2.54. The van der Waals surface area contributed by atoms with E-state index in [0.717, 1.165) is 0 Å². The quantitative estimate of drug-likeness (QED) is 0.827. The van der Waals surface area contributed by atoms with Gasteiger partial charge in [-0.3, -0.25) is 4.98 Å². The van der Waals surface area contributed by atoms with Crippen LogP contribution < -0.4 is 10.5 Å². The average Bonchev–Trinajstić information content (AvgIpc) is 2.29. The minimum atomic E-state index is 0.536. The van der Waals surface area contributed by atoms with Crippen molar-refractivity contribution in [2.24, 2.45) is 0 Å². The highest BCUT2D eigenvalue weighted by molar-refractivity contribution is 5.43. The summed E-state index contributed by atoms with van der Waals surface area (Å²) < 4.78 is 5.51. The Balaban J connectivity index is 2.24. The SMILES string of the molecule is N#Cc1cccc(Oc2cncc(N)c2)c1. The minimum Gasteiger partial charge on any atom is -0.456 e. The van der Waals surface area contributed by atoms with E-state index in [0.29, 0.717) is 22.7 Å². The van der Waals surface area contributed by atoms with Crippen LogP contribution in [0.1, 0.15) is 5.56 Å². The second kappa shape index (κ2) is 4.32. The van der Waals surface area contributed by atoms with Gasteiger partial charge in [-0.15, -0.1) is 0 Å². The molecule has 16 heavy (non-hydrogen) atoms. The highest BCUT2D eigenvalue weighted by Gasteiger charge is 1.99. The summed E-state index contributed by atoms with van der Waals surface area (Å²) in [6, 6.07) is 10.6. The summed E-state index contributed by atoms with van der Waals surface area (Å²) in [5.74, 6) is 1.14. The largest absolute Gasteiger partial charge is 0.456 e. The number of hydrogen-bond donors (Lipinski definition) is 1. The Labute approximate surface area is 92.9 Å². The molecular weight excluding hydrogens is 202 g/mol. The van der Waals surface area contributed by atoms with Crippen LogP contribution in [0.3, 0.4) is 0 Å². The topological polar surface area (TPSA) is 71.9 Å². The van der Waals surface area contributed by atoms with Crippen LogP contribution in [0.5, 0.6) is 11.5 Å². The molecule has 0 spiro atoms. The molecule has 1 aromatic carbocycles. The van der Waals surface area contributed by atoms with Gasteiger partial charge in [0.2, 0.25) is 0 Å². The zero-order chi connectivity index (χ0) is 11.4. The number of nitrogens with two attached hydrogens (primary N) is 1. The van der Waals surface area contributed by atoms with E-state index in [4.69, 9.17) is 15.7 Å². The Morgan fingerprint density at radius 3 is 2.81 bits per heavy atom. The van der Waals surface area contributed by atoms with Crippen molar-refractivity contribution in [3.05, 3.63) is 48.3 Å². The molecule has 4 heteroatoms. The van der Waals surface area contributed by atoms with Crippen LogP contribution >= 0.6 is 0 Å². The molecule has 4 nitrogen and oxygen atoms in total. The molecule has 0 saturated heterocycles. The molecule has 0 bridgehead atoms. The van der Waals surface area contributed by atoms with E-state index in [9.17, 15) is 0 Å². The van der Waals surface area contributed by atoms with Crippen molar-refractivity contribution in [1.82, 2.24) is 4.98 Å². The van der Waals surface area contributed by atoms with Crippen molar-refractivity contribution in [2.45, 2.75) is 0 Å². The number of ether oxygens (including phenoxy) is 1. The Morgan fingerprint density at radius 1 is 1.19 bits per heavy atom. The predicted molar refractivity (Wildman–Crippen MR) is 59.9 cm³/mol. The van der Waals surface area contributed by atoms with E-state index >= 15 is 0 Å². The van der Waals surface area contributed by atoms with Crippen molar-refractivity contribution in [3.63, 3.8) is 0 Å². The first kappa shape index (κ1) is 9.99. The van der Waals surface area contributed by atoms with Gasteiger partial charge in [-0.05, 0) is 18.2 Å². The Morgan fingerprint density at radius 2 is 2.06 bits per heavy atom. The van der Waals surface area contributed by atoms with Gasteiger partial charge in [0.15, 0.2) is 0 Å². The number of nitrogen functional groups attached to an aromatic ring is 1. The van der Waals surface area contributed by atoms with Gasteiger partial charge in [0.1, 0.15) is 11.5 Å². The lowest BCUT2D eigenvalue weighted by molar-refractivity contribution is 0.480. The van der Waals surface area contributed by atoms with Crippen molar-refractivity contribution >= 4 is 5.69 Å². The molecule has 78 valence electrons. The minimum absolute atomic E-state index is 0.536. The number of rotatable bonds is 2. The molecule has 2 rings (SSSR count). The van der Waals surface area contributed by atoms with Crippen LogP contribution in [0.2, 0.25) is 0 Å². The number of pyridine rings is 1. The number of aromatic nitrogens is 1. The monoisotopic (exact) mass is 211 g/mol. The molecular formula is C12H9N3O. The van der Waals surface area contributed by atoms with Gasteiger partial charge in [0, 0.05) is 6.07 Å². The summed E-state index contributed by atoms with van der Waals surface area (Å²) in [4.78, 5) is 3.91. The third-order valence-corrected chi connectivity index (χ3v) is 1.93. The molecule has 0 unspecified atom stereocenters. The number of anilines is 1. The van der Waals surface area contributed by atoms with Gasteiger partial charge in [-0.2, -0.15) is 5.26 Å². The van der Waals surface area contributed by atoms with Crippen molar-refractivity contribution in [3.8, 4) is 17.6 Å². The summed E-state index contributed by atoms with van der Waals surface area (Å²) in [6.45, 7) is 0. The van der Waals surface area contributed by atoms with Gasteiger partial charge in [0.05, 0.1) is 29.7 Å². The lowest BCUT2D eigenvalue weighted by Crippen LogP contribution is -1.89. The van der Waals surface area contributed by atoms with E-state index in [2.05, 4.69) is 4.98 Å². The van der Waals surface area contributed by atoms with Crippen molar-refractivity contribution in [1.29, 1.82) is 5.26 Å². The van der Waals surface area contributed by atoms with Crippen LogP contribution in [0.25, 0.3) is 0 Å². The maximum Gasteiger partial charge on any atom is 0.147 e. The highest BCUT2D eigenvalue weighted by Crippen LogP contribution is 2.22. The predicted octanol–water partition coefficient (Wildman–Crippen LogP) is 2.33. The Kier molecular flexibility index (Phi) is 2.70. The molecule has 2 aromatic rings. The molecule has 0 atom stereocenters. The molecule has 0 radical (unpaired) electrons. The summed E-state index contributed by atoms with van der Waals surface area (Å²) >= 11 is 0. The zero-order valence-electron chi connectivity index (χ0n) is 8.42. The first-order valence-corrected chi connectivity index (χ1v) is 4.66. The summed E-state index contributed by atoms with van der Waals surface area (Å²) in [5, 5.41) is 8.73. The van der Waals surface area contributed by atoms with Gasteiger partial charge in [-0.25, -0.2) is 0 Å². The van der Waals surface area contributed by atoms with Gasteiger partial charge in [0.25, 0.3) is 0 Å². The number of nitrogens with zero attached hydrogens (tertiary/aromatic N) is 2. The fourth-order valence-electron chi connectivity index (χ4n) is 1.26. The van der Waals surface area contributed by atoms with Crippen molar-refractivity contribution < 1.29 is 4.74 Å². The molecule has 0 aliphatic heterocycles. The highest BCUT2D eigenvalue weighted by atomic mass is 16.5. The fourth-order valence-corrected chi connectivity index (χ4v) is 1.26. The number of nitriles is 1. The fraction of sp³-hybridized carbons (Fsp3) is 0. The summed E-state index contributed by atoms with van der Waals surface area (Å²) in [5.41, 5.74) is 6.66.